The van der Waals surface area contributed by atoms with Crippen LogP contribution in [-0.4, -0.2) is 0 Å². The van der Waals surface area contributed by atoms with Gasteiger partial charge in [-0.1, -0.05) is 170 Å². The molecular weight excluding hydrogens is 725 g/mol. The predicted molar refractivity (Wildman–Crippen MR) is 255 cm³/mol. The number of para-hydroxylation sites is 2. The fourth-order valence-corrected chi connectivity index (χ4v) is 8.21. The predicted octanol–water partition coefficient (Wildman–Crippen LogP) is 16.4. The number of nitrogens with zero attached hydrogens (tertiary/aromatic N) is 2. The Morgan fingerprint density at radius 3 is 0.733 bits per heavy atom. The highest BCUT2D eigenvalue weighted by molar-refractivity contribution is 5.97. The van der Waals surface area contributed by atoms with Gasteiger partial charge in [-0.2, -0.15) is 0 Å². The van der Waals surface area contributed by atoms with E-state index in [0.717, 1.165) is 34.1 Å². The molecule has 0 saturated carbocycles. The Hall–Kier alpha value is -7.94. The van der Waals surface area contributed by atoms with Gasteiger partial charge in [0.1, 0.15) is 0 Å². The molecule has 0 fully saturated rings. The van der Waals surface area contributed by atoms with E-state index in [1.807, 2.05) is 0 Å². The summed E-state index contributed by atoms with van der Waals surface area (Å²) in [5.74, 6) is 0. The molecule has 2 nitrogen and oxygen atoms in total. The molecule has 10 aromatic rings. The van der Waals surface area contributed by atoms with Crippen LogP contribution in [0, 0.1) is 0 Å². The Balaban J connectivity index is 1.01. The SMILES string of the molecule is c1ccc(-c2ccc(N(c3ccccc3)c3ccc(-c4cc5ccccc5cc4-c4ccc(N(c5ccccc5)c5ccc(-c6ccccc6)cc5)cc4)cc3)cc2)cc1. The van der Waals surface area contributed by atoms with E-state index < -0.39 is 0 Å². The highest BCUT2D eigenvalue weighted by atomic mass is 15.1. The van der Waals surface area contributed by atoms with Crippen molar-refractivity contribution in [1.29, 1.82) is 0 Å². The van der Waals surface area contributed by atoms with Crippen molar-refractivity contribution in [3.8, 4) is 44.5 Å². The molecule has 0 N–H and O–H groups in total. The first-order valence-corrected chi connectivity index (χ1v) is 20.5. The third-order valence-corrected chi connectivity index (χ3v) is 11.3. The first-order valence-electron chi connectivity index (χ1n) is 20.5. The molecule has 0 aromatic heterocycles. The number of hydrogen-bond acceptors (Lipinski definition) is 2. The summed E-state index contributed by atoms with van der Waals surface area (Å²) in [5, 5.41) is 2.44. The lowest BCUT2D eigenvalue weighted by Gasteiger charge is -2.26. The molecule has 0 bridgehead atoms. The second kappa shape index (κ2) is 16.5. The third-order valence-electron chi connectivity index (χ3n) is 11.3. The van der Waals surface area contributed by atoms with Crippen molar-refractivity contribution in [2.24, 2.45) is 0 Å². The molecule has 0 radical (unpaired) electrons. The molecule has 0 aliphatic heterocycles. The van der Waals surface area contributed by atoms with Gasteiger partial charge in [-0.05, 0) is 140 Å². The normalized spacial score (nSPS) is 11.0. The minimum atomic E-state index is 1.10. The first-order chi connectivity index (χ1) is 29.7. The van der Waals surface area contributed by atoms with Crippen LogP contribution in [0.25, 0.3) is 55.3 Å². The maximum absolute atomic E-state index is 2.34. The highest BCUT2D eigenvalue weighted by Crippen LogP contribution is 2.42. The lowest BCUT2D eigenvalue weighted by Crippen LogP contribution is -2.09. The molecule has 0 amide bonds. The van der Waals surface area contributed by atoms with Crippen molar-refractivity contribution >= 4 is 44.9 Å². The number of benzene rings is 10. The molecule has 10 rings (SSSR count). The second-order valence-electron chi connectivity index (χ2n) is 15.0. The van der Waals surface area contributed by atoms with Gasteiger partial charge in [-0.15, -0.1) is 0 Å². The number of anilines is 6. The van der Waals surface area contributed by atoms with Crippen LogP contribution in [0.1, 0.15) is 0 Å². The molecular formula is C58H42N2. The molecule has 284 valence electrons. The quantitative estimate of drug-likeness (QED) is 0.137. The maximum Gasteiger partial charge on any atom is 0.0462 e. The van der Waals surface area contributed by atoms with Gasteiger partial charge in [0, 0.05) is 34.1 Å². The van der Waals surface area contributed by atoms with E-state index in [1.54, 1.807) is 0 Å². The number of hydrogen-bond donors (Lipinski definition) is 0. The van der Waals surface area contributed by atoms with E-state index in [4.69, 9.17) is 0 Å². The fraction of sp³-hybridized carbons (Fsp3) is 0. The lowest BCUT2D eigenvalue weighted by atomic mass is 9.91. The van der Waals surface area contributed by atoms with E-state index in [9.17, 15) is 0 Å². The standard InChI is InChI=1S/C58H42N2/c1-5-15-43(16-6-1)45-25-33-53(34-26-45)59(51-21-9-3-10-22-51)55-37-29-47(30-38-55)57-41-49-19-13-14-20-50(49)42-58(57)48-31-39-56(40-32-48)60(52-23-11-4-12-24-52)54-35-27-46(28-36-54)44-17-7-2-8-18-44/h1-42H. The van der Waals surface area contributed by atoms with Crippen LogP contribution in [0.4, 0.5) is 34.1 Å². The van der Waals surface area contributed by atoms with Crippen molar-refractivity contribution in [3.63, 3.8) is 0 Å². The largest absolute Gasteiger partial charge is 0.311 e. The van der Waals surface area contributed by atoms with E-state index in [-0.39, 0.29) is 0 Å². The summed E-state index contributed by atoms with van der Waals surface area (Å²) in [6.07, 6.45) is 0. The average molecular weight is 767 g/mol. The molecule has 0 heterocycles. The van der Waals surface area contributed by atoms with Crippen molar-refractivity contribution in [2.45, 2.75) is 0 Å². The molecule has 0 aliphatic carbocycles. The molecule has 0 atom stereocenters. The molecule has 2 heteroatoms. The van der Waals surface area contributed by atoms with Crippen LogP contribution in [0.15, 0.2) is 255 Å². The van der Waals surface area contributed by atoms with Gasteiger partial charge >= 0.3 is 0 Å². The molecule has 0 aliphatic rings. The third kappa shape index (κ3) is 7.46. The van der Waals surface area contributed by atoms with Crippen LogP contribution in [0.3, 0.4) is 0 Å². The summed E-state index contributed by atoms with van der Waals surface area (Å²) >= 11 is 0. The monoisotopic (exact) mass is 766 g/mol. The van der Waals surface area contributed by atoms with Gasteiger partial charge in [0.05, 0.1) is 0 Å². The Labute approximate surface area is 352 Å². The zero-order chi connectivity index (χ0) is 40.1. The summed E-state index contributed by atoms with van der Waals surface area (Å²) in [6, 6.07) is 91.4. The Bertz CT molecular complexity index is 2750. The van der Waals surface area contributed by atoms with Crippen LogP contribution in [-0.2, 0) is 0 Å². The molecule has 0 unspecified atom stereocenters. The zero-order valence-electron chi connectivity index (χ0n) is 33.1. The van der Waals surface area contributed by atoms with Crippen LogP contribution in [0.2, 0.25) is 0 Å². The van der Waals surface area contributed by atoms with Crippen LogP contribution < -0.4 is 9.80 Å². The summed E-state index contributed by atoms with van der Waals surface area (Å²) in [5.41, 5.74) is 16.2. The van der Waals surface area contributed by atoms with E-state index >= 15 is 0 Å². The lowest BCUT2D eigenvalue weighted by molar-refractivity contribution is 1.28. The second-order valence-corrected chi connectivity index (χ2v) is 15.0. The van der Waals surface area contributed by atoms with Gasteiger partial charge in [0.15, 0.2) is 0 Å². The minimum Gasteiger partial charge on any atom is -0.311 e. The van der Waals surface area contributed by atoms with Crippen LogP contribution in [0.5, 0.6) is 0 Å². The summed E-state index contributed by atoms with van der Waals surface area (Å²) < 4.78 is 0. The molecule has 60 heavy (non-hydrogen) atoms. The van der Waals surface area contributed by atoms with Crippen molar-refractivity contribution < 1.29 is 0 Å². The number of rotatable bonds is 10. The van der Waals surface area contributed by atoms with Gasteiger partial charge in [0.2, 0.25) is 0 Å². The van der Waals surface area contributed by atoms with E-state index in [2.05, 4.69) is 265 Å². The topological polar surface area (TPSA) is 6.48 Å². The smallest absolute Gasteiger partial charge is 0.0462 e. The minimum absolute atomic E-state index is 1.10. The van der Waals surface area contributed by atoms with Gasteiger partial charge in [0.25, 0.3) is 0 Å². The Morgan fingerprint density at radius 1 is 0.183 bits per heavy atom. The van der Waals surface area contributed by atoms with E-state index in [0.29, 0.717) is 0 Å². The molecule has 0 saturated heterocycles. The van der Waals surface area contributed by atoms with E-state index in [1.165, 1.54) is 55.3 Å². The van der Waals surface area contributed by atoms with Gasteiger partial charge in [-0.25, -0.2) is 0 Å². The zero-order valence-corrected chi connectivity index (χ0v) is 33.1. The van der Waals surface area contributed by atoms with Crippen molar-refractivity contribution in [1.82, 2.24) is 0 Å². The maximum atomic E-state index is 2.34. The fourth-order valence-electron chi connectivity index (χ4n) is 8.21. The van der Waals surface area contributed by atoms with Gasteiger partial charge in [-0.3, -0.25) is 0 Å². The average Bonchev–Trinajstić information content (AvgIpc) is 3.33. The summed E-state index contributed by atoms with van der Waals surface area (Å²) in [4.78, 5) is 4.65. The Kier molecular flexibility index (Phi) is 10.0. The number of fused-ring (bicyclic) bond motifs is 1. The van der Waals surface area contributed by atoms with Crippen LogP contribution >= 0.6 is 0 Å². The van der Waals surface area contributed by atoms with Crippen molar-refractivity contribution in [2.75, 3.05) is 9.80 Å². The Morgan fingerprint density at radius 2 is 0.417 bits per heavy atom. The van der Waals surface area contributed by atoms with Crippen molar-refractivity contribution in [3.05, 3.63) is 255 Å². The molecule has 0 spiro atoms. The summed E-state index contributed by atoms with van der Waals surface area (Å²) in [6.45, 7) is 0. The van der Waals surface area contributed by atoms with Gasteiger partial charge < -0.3 is 9.80 Å². The summed E-state index contributed by atoms with van der Waals surface area (Å²) in [7, 11) is 0. The first kappa shape index (κ1) is 36.4. The molecule has 10 aromatic carbocycles. The highest BCUT2D eigenvalue weighted by Gasteiger charge is 2.17.